The molecule has 0 saturated heterocycles. The van der Waals surface area contributed by atoms with Crippen LogP contribution in [0.3, 0.4) is 0 Å². The van der Waals surface area contributed by atoms with Gasteiger partial charge >= 0.3 is 5.97 Å². The highest BCUT2D eigenvalue weighted by atomic mass is 79.9. The van der Waals surface area contributed by atoms with Gasteiger partial charge in [0.1, 0.15) is 11.5 Å². The fraction of sp³-hybridized carbons (Fsp3) is 0.103. The minimum absolute atomic E-state index is 0.0927. The standard InChI is InChI=1S/C29H21BrN2O3/c30-22-14-10-21(11-15-22)29(33)34-23-16-12-20(13-17-23)28-32-26(24-8-4-5-9-27(24)35-28)18-25(31-32)19-6-2-1-3-7-19/h1-17,26,28H,18H2/t26-,28+/m1/s1. The molecule has 0 fully saturated rings. The van der Waals surface area contributed by atoms with Gasteiger partial charge in [-0.15, -0.1) is 0 Å². The fourth-order valence-corrected chi connectivity index (χ4v) is 4.78. The van der Waals surface area contributed by atoms with Crippen LogP contribution in [0, 0.1) is 0 Å². The monoisotopic (exact) mass is 524 g/mol. The second-order valence-electron chi connectivity index (χ2n) is 8.49. The van der Waals surface area contributed by atoms with E-state index in [1.807, 2.05) is 65.7 Å². The molecule has 6 rings (SSSR count). The molecule has 0 aromatic heterocycles. The van der Waals surface area contributed by atoms with Crippen molar-refractivity contribution in [1.82, 2.24) is 5.01 Å². The third kappa shape index (κ3) is 4.21. The Labute approximate surface area is 211 Å². The number of benzene rings is 4. The summed E-state index contributed by atoms with van der Waals surface area (Å²) in [5.74, 6) is 0.947. The maximum atomic E-state index is 12.5. The average Bonchev–Trinajstić information content (AvgIpc) is 3.36. The molecule has 0 spiro atoms. The molecule has 0 bridgehead atoms. The van der Waals surface area contributed by atoms with Crippen molar-refractivity contribution < 1.29 is 14.3 Å². The largest absolute Gasteiger partial charge is 0.464 e. The number of carbonyl (C=O) groups excluding carboxylic acids is 1. The number of fused-ring (bicyclic) bond motifs is 3. The summed E-state index contributed by atoms with van der Waals surface area (Å²) in [7, 11) is 0. The van der Waals surface area contributed by atoms with Crippen molar-refractivity contribution in [1.29, 1.82) is 0 Å². The predicted octanol–water partition coefficient (Wildman–Crippen LogP) is 6.91. The molecule has 35 heavy (non-hydrogen) atoms. The number of carbonyl (C=O) groups is 1. The van der Waals surface area contributed by atoms with Crippen LogP contribution in [0.1, 0.15) is 45.7 Å². The van der Waals surface area contributed by atoms with Gasteiger partial charge in [0.2, 0.25) is 6.23 Å². The van der Waals surface area contributed by atoms with E-state index in [-0.39, 0.29) is 12.3 Å². The minimum atomic E-state index is -0.398. The predicted molar refractivity (Wildman–Crippen MR) is 138 cm³/mol. The topological polar surface area (TPSA) is 51.1 Å². The third-order valence-corrected chi connectivity index (χ3v) is 6.79. The van der Waals surface area contributed by atoms with Crippen molar-refractivity contribution in [3.63, 3.8) is 0 Å². The molecule has 4 aromatic carbocycles. The Kier molecular flexibility index (Phi) is 5.58. The molecule has 172 valence electrons. The van der Waals surface area contributed by atoms with E-state index < -0.39 is 5.97 Å². The first-order chi connectivity index (χ1) is 17.2. The molecule has 4 aromatic rings. The summed E-state index contributed by atoms with van der Waals surface area (Å²) in [6, 6.07) is 33.0. The van der Waals surface area contributed by atoms with Gasteiger partial charge in [0.05, 0.1) is 17.3 Å². The summed E-state index contributed by atoms with van der Waals surface area (Å²) in [6.07, 6.45) is 0.427. The molecular weight excluding hydrogens is 504 g/mol. The summed E-state index contributed by atoms with van der Waals surface area (Å²) >= 11 is 3.38. The van der Waals surface area contributed by atoms with Crippen molar-refractivity contribution in [2.24, 2.45) is 5.10 Å². The van der Waals surface area contributed by atoms with Crippen LogP contribution >= 0.6 is 15.9 Å². The normalized spacial score (nSPS) is 18.2. The number of hydrogen-bond donors (Lipinski definition) is 0. The van der Waals surface area contributed by atoms with Gasteiger partial charge in [-0.25, -0.2) is 9.80 Å². The van der Waals surface area contributed by atoms with Gasteiger partial charge in [-0.3, -0.25) is 0 Å². The van der Waals surface area contributed by atoms with Crippen LogP contribution in [0.15, 0.2) is 113 Å². The highest BCUT2D eigenvalue weighted by Gasteiger charge is 2.40. The first kappa shape index (κ1) is 21.6. The van der Waals surface area contributed by atoms with Gasteiger partial charge in [-0.05, 0) is 60.2 Å². The zero-order valence-corrected chi connectivity index (χ0v) is 20.3. The number of rotatable bonds is 4. The summed E-state index contributed by atoms with van der Waals surface area (Å²) < 4.78 is 12.9. The van der Waals surface area contributed by atoms with E-state index in [1.165, 1.54) is 0 Å². The lowest BCUT2D eigenvalue weighted by Crippen LogP contribution is -2.33. The molecule has 0 amide bonds. The van der Waals surface area contributed by atoms with Crippen LogP contribution in [0.4, 0.5) is 0 Å². The third-order valence-electron chi connectivity index (χ3n) is 6.26. The van der Waals surface area contributed by atoms with E-state index in [0.29, 0.717) is 11.3 Å². The molecule has 0 unspecified atom stereocenters. The zero-order chi connectivity index (χ0) is 23.8. The zero-order valence-electron chi connectivity index (χ0n) is 18.7. The number of hydrogen-bond acceptors (Lipinski definition) is 5. The molecule has 2 heterocycles. The molecule has 2 aliphatic heterocycles. The summed E-state index contributed by atoms with van der Waals surface area (Å²) in [6.45, 7) is 0. The highest BCUT2D eigenvalue weighted by Crippen LogP contribution is 2.47. The fourth-order valence-electron chi connectivity index (χ4n) is 4.51. The highest BCUT2D eigenvalue weighted by molar-refractivity contribution is 9.10. The lowest BCUT2D eigenvalue weighted by molar-refractivity contribution is -0.0190. The van der Waals surface area contributed by atoms with Gasteiger partial charge in [0.15, 0.2) is 0 Å². The molecule has 0 N–H and O–H groups in total. The van der Waals surface area contributed by atoms with Crippen molar-refractivity contribution in [2.45, 2.75) is 18.7 Å². The van der Waals surface area contributed by atoms with E-state index >= 15 is 0 Å². The quantitative estimate of drug-likeness (QED) is 0.215. The van der Waals surface area contributed by atoms with E-state index in [4.69, 9.17) is 14.6 Å². The Hall–Kier alpha value is -3.90. The molecule has 5 nitrogen and oxygen atoms in total. The first-order valence-electron chi connectivity index (χ1n) is 11.4. The van der Waals surface area contributed by atoms with Crippen LogP contribution in [0.2, 0.25) is 0 Å². The molecule has 0 radical (unpaired) electrons. The molecule has 2 aliphatic rings. The molecule has 2 atom stereocenters. The minimum Gasteiger partial charge on any atom is -0.464 e. The Morgan fingerprint density at radius 1 is 0.886 bits per heavy atom. The maximum absolute atomic E-state index is 12.5. The van der Waals surface area contributed by atoms with Gasteiger partial charge in [0.25, 0.3) is 0 Å². The number of ether oxygens (including phenoxy) is 2. The molecule has 0 saturated carbocycles. The molecule has 6 heteroatoms. The Bertz CT molecular complexity index is 1400. The second kappa shape index (κ2) is 9.04. The summed E-state index contributed by atoms with van der Waals surface area (Å²) in [4.78, 5) is 12.5. The van der Waals surface area contributed by atoms with E-state index in [2.05, 4.69) is 34.1 Å². The van der Waals surface area contributed by atoms with Gasteiger partial charge in [-0.1, -0.05) is 64.5 Å². The Morgan fingerprint density at radius 2 is 1.60 bits per heavy atom. The van der Waals surface area contributed by atoms with E-state index in [0.717, 1.165) is 39.0 Å². The van der Waals surface area contributed by atoms with Crippen LogP contribution in [-0.2, 0) is 0 Å². The number of hydrazone groups is 1. The molecule has 0 aliphatic carbocycles. The number of halogens is 1. The van der Waals surface area contributed by atoms with Gasteiger partial charge < -0.3 is 9.47 Å². The van der Waals surface area contributed by atoms with Crippen molar-refractivity contribution in [3.05, 3.63) is 130 Å². The van der Waals surface area contributed by atoms with Gasteiger partial charge in [-0.2, -0.15) is 5.10 Å². The summed E-state index contributed by atoms with van der Waals surface area (Å²) in [5, 5.41) is 7.04. The number of esters is 1. The van der Waals surface area contributed by atoms with Crippen LogP contribution in [-0.4, -0.2) is 16.7 Å². The maximum Gasteiger partial charge on any atom is 0.343 e. The van der Waals surface area contributed by atoms with Crippen molar-refractivity contribution >= 4 is 27.6 Å². The average molecular weight is 525 g/mol. The number of para-hydroxylation sites is 1. The lowest BCUT2D eigenvalue weighted by Gasteiger charge is -2.38. The van der Waals surface area contributed by atoms with Crippen molar-refractivity contribution in [2.75, 3.05) is 0 Å². The van der Waals surface area contributed by atoms with Crippen LogP contribution in [0.25, 0.3) is 0 Å². The first-order valence-corrected chi connectivity index (χ1v) is 12.2. The van der Waals surface area contributed by atoms with Crippen molar-refractivity contribution in [3.8, 4) is 11.5 Å². The Morgan fingerprint density at radius 3 is 2.37 bits per heavy atom. The lowest BCUT2D eigenvalue weighted by atomic mass is 9.96. The van der Waals surface area contributed by atoms with E-state index in [1.54, 1.807) is 24.3 Å². The second-order valence-corrected chi connectivity index (χ2v) is 9.40. The summed E-state index contributed by atoms with van der Waals surface area (Å²) in [5.41, 5.74) is 4.73. The van der Waals surface area contributed by atoms with E-state index in [9.17, 15) is 4.79 Å². The smallest absolute Gasteiger partial charge is 0.343 e. The van der Waals surface area contributed by atoms with Crippen LogP contribution < -0.4 is 9.47 Å². The SMILES string of the molecule is O=C(Oc1ccc([C@@H]2Oc3ccccc3[C@H]3CC(c4ccccc4)=NN32)cc1)c1ccc(Br)cc1. The van der Waals surface area contributed by atoms with Gasteiger partial charge in [0, 0.05) is 22.0 Å². The Balaban J connectivity index is 1.28. The molecular formula is C29H21BrN2O3. The van der Waals surface area contributed by atoms with Crippen LogP contribution in [0.5, 0.6) is 11.5 Å². The number of nitrogens with zero attached hydrogens (tertiary/aromatic N) is 2.